The van der Waals surface area contributed by atoms with Crippen LogP contribution in [-0.4, -0.2) is 39.8 Å². The first-order chi connectivity index (χ1) is 15.0. The smallest absolute Gasteiger partial charge is 0.232 e. The summed E-state index contributed by atoms with van der Waals surface area (Å²) >= 11 is 0. The average molecular weight is 461 g/mol. The predicted octanol–water partition coefficient (Wildman–Crippen LogP) is 3.97. The molecule has 1 amide bonds. The maximum absolute atomic E-state index is 12.8. The van der Waals surface area contributed by atoms with Crippen molar-refractivity contribution in [1.82, 2.24) is 5.32 Å². The van der Waals surface area contributed by atoms with E-state index in [-0.39, 0.29) is 24.9 Å². The molecule has 1 aliphatic heterocycles. The van der Waals surface area contributed by atoms with Crippen molar-refractivity contribution in [2.24, 2.45) is 0 Å². The number of rotatable bonds is 8. The number of ether oxygens (including phenoxy) is 2. The summed E-state index contributed by atoms with van der Waals surface area (Å²) in [6.07, 6.45) is 2.44. The Bertz CT molecular complexity index is 1080. The van der Waals surface area contributed by atoms with Crippen LogP contribution in [0.2, 0.25) is 0 Å². The highest BCUT2D eigenvalue weighted by Gasteiger charge is 2.34. The average Bonchev–Trinajstić information content (AvgIpc) is 2.70. The number of carbonyl (C=O) groups excluding carboxylic acids is 1. The van der Waals surface area contributed by atoms with Crippen LogP contribution in [0.3, 0.4) is 0 Å². The molecular formula is C24H32N2O5S. The maximum Gasteiger partial charge on any atom is 0.232 e. The Balaban J connectivity index is 1.67. The van der Waals surface area contributed by atoms with Gasteiger partial charge in [-0.05, 0) is 57.0 Å². The lowest BCUT2D eigenvalue weighted by molar-refractivity contribution is -0.122. The minimum absolute atomic E-state index is 0.125. The van der Waals surface area contributed by atoms with E-state index in [4.69, 9.17) is 9.47 Å². The number of hydrogen-bond acceptors (Lipinski definition) is 5. The highest BCUT2D eigenvalue weighted by molar-refractivity contribution is 7.92. The summed E-state index contributed by atoms with van der Waals surface area (Å²) in [7, 11) is -1.86. The van der Waals surface area contributed by atoms with Gasteiger partial charge in [-0.3, -0.25) is 9.10 Å². The third-order valence-electron chi connectivity index (χ3n) is 5.56. The molecule has 0 saturated carbocycles. The lowest BCUT2D eigenvalue weighted by Crippen LogP contribution is -2.41. The monoisotopic (exact) mass is 460 g/mol. The lowest BCUT2D eigenvalue weighted by atomic mass is 9.89. The van der Waals surface area contributed by atoms with Gasteiger partial charge in [0.1, 0.15) is 17.1 Å². The summed E-state index contributed by atoms with van der Waals surface area (Å²) in [6, 6.07) is 12.7. The number of nitrogens with one attached hydrogen (secondary N) is 1. The molecule has 32 heavy (non-hydrogen) atoms. The molecule has 7 nitrogen and oxygen atoms in total. The number of aryl methyl sites for hydroxylation is 1. The van der Waals surface area contributed by atoms with E-state index in [9.17, 15) is 13.2 Å². The number of amides is 1. The summed E-state index contributed by atoms with van der Waals surface area (Å²) in [5, 5.41) is 3.10. The quantitative estimate of drug-likeness (QED) is 0.644. The number of benzene rings is 2. The fraction of sp³-hybridized carbons (Fsp3) is 0.458. The van der Waals surface area contributed by atoms with Crippen molar-refractivity contribution < 1.29 is 22.7 Å². The highest BCUT2D eigenvalue weighted by atomic mass is 32.2. The van der Waals surface area contributed by atoms with Crippen LogP contribution in [0, 0.1) is 6.92 Å². The zero-order valence-electron chi connectivity index (χ0n) is 19.3. The molecule has 2 aromatic carbocycles. The molecule has 174 valence electrons. The van der Waals surface area contributed by atoms with E-state index in [2.05, 4.69) is 5.32 Å². The molecule has 3 rings (SSSR count). The molecule has 1 heterocycles. The van der Waals surface area contributed by atoms with Crippen LogP contribution in [0.1, 0.15) is 50.3 Å². The Morgan fingerprint density at radius 1 is 1.25 bits per heavy atom. The third-order valence-corrected chi connectivity index (χ3v) is 6.74. The van der Waals surface area contributed by atoms with Crippen LogP contribution in [0.15, 0.2) is 42.5 Å². The van der Waals surface area contributed by atoms with Crippen LogP contribution in [0.4, 0.5) is 5.69 Å². The fourth-order valence-electron chi connectivity index (χ4n) is 4.05. The summed E-state index contributed by atoms with van der Waals surface area (Å²) in [6.45, 7) is 6.09. The first-order valence-electron chi connectivity index (χ1n) is 10.7. The Morgan fingerprint density at radius 2 is 1.97 bits per heavy atom. The molecule has 8 heteroatoms. The summed E-state index contributed by atoms with van der Waals surface area (Å²) < 4.78 is 37.4. The van der Waals surface area contributed by atoms with E-state index in [0.717, 1.165) is 16.9 Å². The van der Waals surface area contributed by atoms with Crippen LogP contribution < -0.4 is 19.1 Å². The van der Waals surface area contributed by atoms with E-state index < -0.39 is 15.6 Å². The minimum Gasteiger partial charge on any atom is -0.497 e. The number of anilines is 1. The molecule has 0 aliphatic carbocycles. The second kappa shape index (κ2) is 9.40. The van der Waals surface area contributed by atoms with Gasteiger partial charge in [-0.25, -0.2) is 8.42 Å². The number of nitrogens with zero attached hydrogens (tertiary/aromatic N) is 1. The van der Waals surface area contributed by atoms with Gasteiger partial charge >= 0.3 is 0 Å². The van der Waals surface area contributed by atoms with Crippen molar-refractivity contribution in [3.8, 4) is 11.5 Å². The highest BCUT2D eigenvalue weighted by Crippen LogP contribution is 2.41. The number of sulfonamides is 1. The normalized spacial score (nSPS) is 17.1. The summed E-state index contributed by atoms with van der Waals surface area (Å²) in [5.74, 6) is 1.31. The van der Waals surface area contributed by atoms with Crippen molar-refractivity contribution >= 4 is 21.6 Å². The molecule has 0 aromatic heterocycles. The first-order valence-corrected chi connectivity index (χ1v) is 12.5. The van der Waals surface area contributed by atoms with Gasteiger partial charge in [0.2, 0.25) is 15.9 Å². The summed E-state index contributed by atoms with van der Waals surface area (Å²) in [4.78, 5) is 12.8. The fourth-order valence-corrected chi connectivity index (χ4v) is 5.07. The summed E-state index contributed by atoms with van der Waals surface area (Å²) in [5.41, 5.74) is 1.98. The molecule has 1 N–H and O–H groups in total. The van der Waals surface area contributed by atoms with Gasteiger partial charge in [0.05, 0.1) is 25.1 Å². The number of fused-ring (bicyclic) bond motifs is 1. The van der Waals surface area contributed by atoms with Gasteiger partial charge in [0.25, 0.3) is 0 Å². The van der Waals surface area contributed by atoms with E-state index in [1.165, 1.54) is 10.6 Å². The Morgan fingerprint density at radius 3 is 2.62 bits per heavy atom. The van der Waals surface area contributed by atoms with Gasteiger partial charge in [0, 0.05) is 24.9 Å². The molecule has 0 bridgehead atoms. The van der Waals surface area contributed by atoms with Gasteiger partial charge in [-0.1, -0.05) is 18.2 Å². The maximum atomic E-state index is 12.8. The van der Waals surface area contributed by atoms with Crippen LogP contribution in [0.25, 0.3) is 0 Å². The van der Waals surface area contributed by atoms with Crippen molar-refractivity contribution in [3.05, 3.63) is 53.6 Å². The van der Waals surface area contributed by atoms with E-state index in [1.54, 1.807) is 13.2 Å². The SMILES string of the molecule is COc1ccc2c(c1)[C@@H](NC(=O)CCCN(c1ccccc1C)S(C)(=O)=O)CC(C)(C)O2. The zero-order valence-corrected chi connectivity index (χ0v) is 20.2. The molecule has 2 aromatic rings. The van der Waals surface area contributed by atoms with Gasteiger partial charge < -0.3 is 14.8 Å². The van der Waals surface area contributed by atoms with Crippen LogP contribution >= 0.6 is 0 Å². The topological polar surface area (TPSA) is 84.9 Å². The molecule has 0 radical (unpaired) electrons. The zero-order chi connectivity index (χ0) is 23.5. The Hall–Kier alpha value is -2.74. The number of hydrogen-bond donors (Lipinski definition) is 1. The van der Waals surface area contributed by atoms with Crippen molar-refractivity contribution in [2.45, 2.75) is 51.7 Å². The minimum atomic E-state index is -3.46. The van der Waals surface area contributed by atoms with Gasteiger partial charge in [0.15, 0.2) is 0 Å². The lowest BCUT2D eigenvalue weighted by Gasteiger charge is -2.38. The Labute approximate surface area is 190 Å². The number of carbonyl (C=O) groups is 1. The molecule has 0 fully saturated rings. The van der Waals surface area contributed by atoms with E-state index in [0.29, 0.717) is 24.3 Å². The van der Waals surface area contributed by atoms with Crippen molar-refractivity contribution in [2.75, 3.05) is 24.2 Å². The molecule has 1 aliphatic rings. The van der Waals surface area contributed by atoms with E-state index >= 15 is 0 Å². The van der Waals surface area contributed by atoms with Gasteiger partial charge in [-0.15, -0.1) is 0 Å². The first kappa shape index (κ1) is 23.9. The molecule has 1 atom stereocenters. The molecule has 0 spiro atoms. The Kier molecular flexibility index (Phi) is 7.03. The van der Waals surface area contributed by atoms with E-state index in [1.807, 2.05) is 57.2 Å². The van der Waals surface area contributed by atoms with Crippen LogP contribution in [0.5, 0.6) is 11.5 Å². The van der Waals surface area contributed by atoms with Crippen molar-refractivity contribution in [3.63, 3.8) is 0 Å². The molecule has 0 unspecified atom stereocenters. The standard InChI is InChI=1S/C24H32N2O5S/c1-17-9-6-7-10-21(17)26(32(5,28)29)14-8-11-23(27)25-20-16-24(2,3)31-22-13-12-18(30-4)15-19(20)22/h6-7,9-10,12-13,15,20H,8,11,14,16H2,1-5H3,(H,25,27)/t20-/m0/s1. The second-order valence-electron chi connectivity index (χ2n) is 8.81. The molecular weight excluding hydrogens is 428 g/mol. The van der Waals surface area contributed by atoms with Crippen LogP contribution in [-0.2, 0) is 14.8 Å². The molecule has 0 saturated heterocycles. The van der Waals surface area contributed by atoms with Crippen molar-refractivity contribution in [1.29, 1.82) is 0 Å². The van der Waals surface area contributed by atoms with Gasteiger partial charge in [-0.2, -0.15) is 0 Å². The number of methoxy groups -OCH3 is 1. The third kappa shape index (κ3) is 5.73. The number of para-hydroxylation sites is 1. The largest absolute Gasteiger partial charge is 0.497 e. The second-order valence-corrected chi connectivity index (χ2v) is 10.7. The predicted molar refractivity (Wildman–Crippen MR) is 126 cm³/mol.